The number of hydrogen-bond donors (Lipinski definition) is 1. The van der Waals surface area contributed by atoms with Crippen LogP contribution in [-0.4, -0.2) is 5.54 Å². The molecule has 96 valence electrons. The quantitative estimate of drug-likeness (QED) is 0.845. The highest BCUT2D eigenvalue weighted by Crippen LogP contribution is 2.27. The SMILES string of the molecule is CC(C)(C)CC(C)(C)NCc1ccc(Br)cc1. The average molecular weight is 298 g/mol. The number of benzene rings is 1. The van der Waals surface area contributed by atoms with Crippen molar-refractivity contribution in [2.75, 3.05) is 0 Å². The Hall–Kier alpha value is -0.340. The number of halogens is 1. The number of nitrogens with one attached hydrogen (secondary N) is 1. The molecule has 0 heterocycles. The smallest absolute Gasteiger partial charge is 0.0210 e. The third-order valence-corrected chi connectivity index (χ3v) is 3.19. The molecule has 2 heteroatoms. The van der Waals surface area contributed by atoms with Crippen LogP contribution in [0.2, 0.25) is 0 Å². The molecule has 0 aliphatic rings. The molecule has 17 heavy (non-hydrogen) atoms. The minimum atomic E-state index is 0.172. The lowest BCUT2D eigenvalue weighted by Crippen LogP contribution is -2.41. The first-order chi connectivity index (χ1) is 7.68. The van der Waals surface area contributed by atoms with E-state index in [1.165, 1.54) is 5.56 Å². The van der Waals surface area contributed by atoms with Gasteiger partial charge < -0.3 is 5.32 Å². The summed E-state index contributed by atoms with van der Waals surface area (Å²) >= 11 is 3.46. The van der Waals surface area contributed by atoms with Crippen LogP contribution in [0.5, 0.6) is 0 Å². The minimum Gasteiger partial charge on any atom is -0.308 e. The maximum atomic E-state index is 3.64. The van der Waals surface area contributed by atoms with E-state index in [-0.39, 0.29) is 5.54 Å². The lowest BCUT2D eigenvalue weighted by Gasteiger charge is -2.33. The first-order valence-corrected chi connectivity index (χ1v) is 6.97. The first kappa shape index (κ1) is 14.7. The molecule has 0 aromatic heterocycles. The summed E-state index contributed by atoms with van der Waals surface area (Å²) in [6.07, 6.45) is 1.16. The molecule has 1 aromatic rings. The zero-order valence-corrected chi connectivity index (χ0v) is 13.2. The zero-order valence-electron chi connectivity index (χ0n) is 11.6. The summed E-state index contributed by atoms with van der Waals surface area (Å²) in [5.41, 5.74) is 1.86. The molecular weight excluding hydrogens is 274 g/mol. The summed E-state index contributed by atoms with van der Waals surface area (Å²) in [4.78, 5) is 0. The molecule has 1 nitrogen and oxygen atoms in total. The van der Waals surface area contributed by atoms with E-state index in [0.29, 0.717) is 5.41 Å². The molecule has 0 spiro atoms. The van der Waals surface area contributed by atoms with Crippen molar-refractivity contribution in [2.24, 2.45) is 5.41 Å². The molecule has 0 unspecified atom stereocenters. The summed E-state index contributed by atoms with van der Waals surface area (Å²) in [6, 6.07) is 8.50. The van der Waals surface area contributed by atoms with E-state index in [1.54, 1.807) is 0 Å². The summed E-state index contributed by atoms with van der Waals surface area (Å²) in [5, 5.41) is 3.64. The molecule has 0 bridgehead atoms. The molecule has 1 N–H and O–H groups in total. The van der Waals surface area contributed by atoms with Gasteiger partial charge >= 0.3 is 0 Å². The molecule has 0 atom stereocenters. The Morgan fingerprint density at radius 2 is 1.53 bits per heavy atom. The summed E-state index contributed by atoms with van der Waals surface area (Å²) < 4.78 is 1.13. The van der Waals surface area contributed by atoms with Gasteiger partial charge in [0.1, 0.15) is 0 Å². The van der Waals surface area contributed by atoms with Crippen molar-refractivity contribution in [3.05, 3.63) is 34.3 Å². The standard InChI is InChI=1S/C15H24BrN/c1-14(2,3)11-15(4,5)17-10-12-6-8-13(16)9-7-12/h6-9,17H,10-11H2,1-5H3. The largest absolute Gasteiger partial charge is 0.308 e. The minimum absolute atomic E-state index is 0.172. The molecule has 1 aromatic carbocycles. The van der Waals surface area contributed by atoms with Crippen molar-refractivity contribution < 1.29 is 0 Å². The molecular formula is C15H24BrN. The van der Waals surface area contributed by atoms with E-state index in [4.69, 9.17) is 0 Å². The Bertz CT molecular complexity index is 346. The Kier molecular flexibility index (Phi) is 4.79. The molecule has 0 radical (unpaired) electrons. The number of rotatable bonds is 4. The highest BCUT2D eigenvalue weighted by molar-refractivity contribution is 9.10. The topological polar surface area (TPSA) is 12.0 Å². The highest BCUT2D eigenvalue weighted by Gasteiger charge is 2.24. The summed E-state index contributed by atoms with van der Waals surface area (Å²) in [7, 11) is 0. The van der Waals surface area contributed by atoms with Gasteiger partial charge in [0.25, 0.3) is 0 Å². The van der Waals surface area contributed by atoms with Crippen molar-refractivity contribution in [2.45, 2.75) is 53.1 Å². The number of hydrogen-bond acceptors (Lipinski definition) is 1. The van der Waals surface area contributed by atoms with Crippen LogP contribution < -0.4 is 5.32 Å². The van der Waals surface area contributed by atoms with Crippen LogP contribution in [0.4, 0.5) is 0 Å². The second-order valence-corrected chi connectivity index (χ2v) is 7.52. The Morgan fingerprint density at radius 3 is 2.00 bits per heavy atom. The fraction of sp³-hybridized carbons (Fsp3) is 0.600. The Labute approximate surface area is 114 Å². The van der Waals surface area contributed by atoms with E-state index in [0.717, 1.165) is 17.4 Å². The van der Waals surface area contributed by atoms with Gasteiger partial charge in [0.15, 0.2) is 0 Å². The van der Waals surface area contributed by atoms with E-state index in [2.05, 4.69) is 80.1 Å². The lowest BCUT2D eigenvalue weighted by molar-refractivity contribution is 0.241. The van der Waals surface area contributed by atoms with Gasteiger partial charge in [-0.15, -0.1) is 0 Å². The van der Waals surface area contributed by atoms with E-state index in [1.807, 2.05) is 0 Å². The fourth-order valence-corrected chi connectivity index (χ4v) is 2.60. The van der Waals surface area contributed by atoms with Gasteiger partial charge in [-0.3, -0.25) is 0 Å². The van der Waals surface area contributed by atoms with E-state index >= 15 is 0 Å². The third-order valence-electron chi connectivity index (χ3n) is 2.66. The highest BCUT2D eigenvalue weighted by atomic mass is 79.9. The monoisotopic (exact) mass is 297 g/mol. The summed E-state index contributed by atoms with van der Waals surface area (Å²) in [5.74, 6) is 0. The van der Waals surface area contributed by atoms with Gasteiger partial charge in [0, 0.05) is 16.6 Å². The van der Waals surface area contributed by atoms with Crippen LogP contribution in [0.3, 0.4) is 0 Å². The van der Waals surface area contributed by atoms with Gasteiger partial charge in [-0.25, -0.2) is 0 Å². The van der Waals surface area contributed by atoms with Gasteiger partial charge in [-0.2, -0.15) is 0 Å². The maximum Gasteiger partial charge on any atom is 0.0210 e. The summed E-state index contributed by atoms with van der Waals surface area (Å²) in [6.45, 7) is 12.3. The zero-order chi connectivity index (χ0) is 13.1. The van der Waals surface area contributed by atoms with Crippen LogP contribution in [0, 0.1) is 5.41 Å². The second-order valence-electron chi connectivity index (χ2n) is 6.60. The van der Waals surface area contributed by atoms with E-state index < -0.39 is 0 Å². The lowest BCUT2D eigenvalue weighted by atomic mass is 9.82. The molecule has 0 aliphatic heterocycles. The van der Waals surface area contributed by atoms with Gasteiger partial charge in [-0.05, 0) is 43.4 Å². The molecule has 0 amide bonds. The molecule has 1 rings (SSSR count). The second kappa shape index (κ2) is 5.53. The maximum absolute atomic E-state index is 3.64. The van der Waals surface area contributed by atoms with Crippen molar-refractivity contribution in [1.29, 1.82) is 0 Å². The third kappa shape index (κ3) is 6.23. The van der Waals surface area contributed by atoms with Crippen LogP contribution in [-0.2, 0) is 6.54 Å². The van der Waals surface area contributed by atoms with Crippen molar-refractivity contribution in [3.8, 4) is 0 Å². The molecule has 0 saturated carbocycles. The predicted octanol–water partition coefficient (Wildman–Crippen LogP) is 4.75. The Morgan fingerprint density at radius 1 is 1.00 bits per heavy atom. The molecule has 0 saturated heterocycles. The van der Waals surface area contributed by atoms with Crippen molar-refractivity contribution in [3.63, 3.8) is 0 Å². The first-order valence-electron chi connectivity index (χ1n) is 6.17. The Balaban J connectivity index is 2.52. The van der Waals surface area contributed by atoms with Crippen molar-refractivity contribution in [1.82, 2.24) is 5.32 Å². The molecule has 0 fully saturated rings. The normalized spacial score (nSPS) is 12.8. The van der Waals surface area contributed by atoms with Crippen LogP contribution >= 0.6 is 15.9 Å². The van der Waals surface area contributed by atoms with Crippen LogP contribution in [0.1, 0.15) is 46.6 Å². The van der Waals surface area contributed by atoms with Crippen LogP contribution in [0.15, 0.2) is 28.7 Å². The molecule has 0 aliphatic carbocycles. The van der Waals surface area contributed by atoms with Gasteiger partial charge in [0.2, 0.25) is 0 Å². The van der Waals surface area contributed by atoms with Crippen molar-refractivity contribution >= 4 is 15.9 Å². The average Bonchev–Trinajstić information content (AvgIpc) is 2.13. The van der Waals surface area contributed by atoms with Gasteiger partial charge in [0.05, 0.1) is 0 Å². The van der Waals surface area contributed by atoms with E-state index in [9.17, 15) is 0 Å². The fourth-order valence-electron chi connectivity index (χ4n) is 2.33. The predicted molar refractivity (Wildman–Crippen MR) is 79.1 cm³/mol. The van der Waals surface area contributed by atoms with Crippen LogP contribution in [0.25, 0.3) is 0 Å². The van der Waals surface area contributed by atoms with Gasteiger partial charge in [-0.1, -0.05) is 48.8 Å².